The average molecular weight is 260 g/mol. The van der Waals surface area contributed by atoms with Crippen LogP contribution in [0.4, 0.5) is 0 Å². The van der Waals surface area contributed by atoms with Gasteiger partial charge in [0.1, 0.15) is 0 Å². The molecule has 3 nitrogen and oxygen atoms in total. The normalized spacial score (nSPS) is 15.5. The molecule has 1 saturated heterocycles. The number of piperazine rings is 1. The molecular weight excluding hydrogens is 236 g/mol. The highest BCUT2D eigenvalue weighted by atomic mass is 16.2. The molecule has 0 bridgehead atoms. The minimum absolute atomic E-state index is 0.324. The molecule has 0 unspecified atom stereocenters. The molecule has 1 amide bonds. The second-order valence-electron chi connectivity index (χ2n) is 5.32. The molecule has 0 aliphatic carbocycles. The lowest BCUT2D eigenvalue weighted by Gasteiger charge is -2.27. The van der Waals surface area contributed by atoms with E-state index in [0.29, 0.717) is 12.3 Å². The lowest BCUT2D eigenvalue weighted by atomic mass is 10.1. The van der Waals surface area contributed by atoms with Crippen LogP contribution >= 0.6 is 0 Å². The molecule has 0 spiro atoms. The summed E-state index contributed by atoms with van der Waals surface area (Å²) in [6.07, 6.45) is 3.87. The van der Waals surface area contributed by atoms with Gasteiger partial charge in [0, 0.05) is 32.6 Å². The maximum atomic E-state index is 12.0. The summed E-state index contributed by atoms with van der Waals surface area (Å²) in [5.41, 5.74) is 2.68. The van der Waals surface area contributed by atoms with Gasteiger partial charge in [-0.05, 0) is 31.7 Å². The monoisotopic (exact) mass is 260 g/mol. The molecule has 0 aromatic heterocycles. The van der Waals surface area contributed by atoms with Crippen molar-refractivity contribution < 1.29 is 4.79 Å². The maximum Gasteiger partial charge on any atom is 0.222 e. The summed E-state index contributed by atoms with van der Waals surface area (Å²) >= 11 is 0. The summed E-state index contributed by atoms with van der Waals surface area (Å²) in [5.74, 6) is 0.324. The zero-order valence-electron chi connectivity index (χ0n) is 11.8. The van der Waals surface area contributed by atoms with Crippen molar-refractivity contribution in [3.05, 3.63) is 35.4 Å². The Bertz CT molecular complexity index is 394. The van der Waals surface area contributed by atoms with E-state index in [1.807, 2.05) is 4.90 Å². The first kappa shape index (κ1) is 14.1. The number of carbonyl (C=O) groups excluding carboxylic acids is 1. The number of amides is 1. The van der Waals surface area contributed by atoms with Gasteiger partial charge in [0.25, 0.3) is 0 Å². The molecule has 1 aromatic rings. The highest BCUT2D eigenvalue weighted by molar-refractivity contribution is 5.76. The van der Waals surface area contributed by atoms with Gasteiger partial charge in [-0.15, -0.1) is 0 Å². The Balaban J connectivity index is 1.63. The molecule has 3 heteroatoms. The van der Waals surface area contributed by atoms with Crippen LogP contribution in [0.15, 0.2) is 24.3 Å². The molecule has 1 aliphatic heterocycles. The lowest BCUT2D eigenvalue weighted by molar-refractivity contribution is -0.131. The molecule has 1 aliphatic rings. The van der Waals surface area contributed by atoms with Crippen LogP contribution in [0.2, 0.25) is 0 Å². The van der Waals surface area contributed by atoms with Crippen molar-refractivity contribution in [1.82, 2.24) is 10.2 Å². The van der Waals surface area contributed by atoms with Crippen LogP contribution in [0, 0.1) is 6.92 Å². The maximum absolute atomic E-state index is 12.0. The highest BCUT2D eigenvalue weighted by Crippen LogP contribution is 2.09. The van der Waals surface area contributed by atoms with Gasteiger partial charge in [-0.25, -0.2) is 0 Å². The van der Waals surface area contributed by atoms with Gasteiger partial charge < -0.3 is 10.2 Å². The second-order valence-corrected chi connectivity index (χ2v) is 5.32. The SMILES string of the molecule is Cc1ccc(CCCCC(=O)N2CCNCC2)cc1. The molecule has 1 fully saturated rings. The van der Waals surface area contributed by atoms with E-state index < -0.39 is 0 Å². The van der Waals surface area contributed by atoms with Crippen molar-refractivity contribution in [3.63, 3.8) is 0 Å². The van der Waals surface area contributed by atoms with Crippen molar-refractivity contribution in [1.29, 1.82) is 0 Å². The van der Waals surface area contributed by atoms with E-state index in [-0.39, 0.29) is 0 Å². The fraction of sp³-hybridized carbons (Fsp3) is 0.562. The number of unbranched alkanes of at least 4 members (excludes halogenated alkanes) is 1. The molecule has 0 saturated carbocycles. The third kappa shape index (κ3) is 4.67. The van der Waals surface area contributed by atoms with E-state index in [4.69, 9.17) is 0 Å². The number of hydrogen-bond acceptors (Lipinski definition) is 2. The van der Waals surface area contributed by atoms with E-state index in [1.54, 1.807) is 0 Å². The third-order valence-electron chi connectivity index (χ3n) is 3.70. The highest BCUT2D eigenvalue weighted by Gasteiger charge is 2.15. The van der Waals surface area contributed by atoms with Crippen molar-refractivity contribution in [2.24, 2.45) is 0 Å². The molecule has 19 heavy (non-hydrogen) atoms. The summed E-state index contributed by atoms with van der Waals surface area (Å²) in [6, 6.07) is 8.68. The van der Waals surface area contributed by atoms with Crippen LogP contribution < -0.4 is 5.32 Å². The standard InChI is InChI=1S/C16H24N2O/c1-14-6-8-15(9-7-14)4-2-3-5-16(19)18-12-10-17-11-13-18/h6-9,17H,2-5,10-13H2,1H3. The smallest absolute Gasteiger partial charge is 0.222 e. The Labute approximate surface area is 116 Å². The van der Waals surface area contributed by atoms with Crippen LogP contribution in [0.5, 0.6) is 0 Å². The van der Waals surface area contributed by atoms with E-state index in [9.17, 15) is 4.79 Å². The molecule has 1 N–H and O–H groups in total. The van der Waals surface area contributed by atoms with E-state index in [2.05, 4.69) is 36.5 Å². The first-order valence-corrected chi connectivity index (χ1v) is 7.30. The van der Waals surface area contributed by atoms with Gasteiger partial charge in [-0.3, -0.25) is 4.79 Å². The van der Waals surface area contributed by atoms with E-state index >= 15 is 0 Å². The van der Waals surface area contributed by atoms with Crippen LogP contribution in [0.3, 0.4) is 0 Å². The molecule has 2 rings (SSSR count). The number of carbonyl (C=O) groups is 1. The number of rotatable bonds is 5. The minimum atomic E-state index is 0.324. The lowest BCUT2D eigenvalue weighted by Crippen LogP contribution is -2.46. The molecular formula is C16H24N2O. The molecule has 104 valence electrons. The number of benzene rings is 1. The van der Waals surface area contributed by atoms with Crippen LogP contribution in [-0.4, -0.2) is 37.0 Å². The summed E-state index contributed by atoms with van der Waals surface area (Å²) in [4.78, 5) is 13.9. The quantitative estimate of drug-likeness (QED) is 0.823. The van der Waals surface area contributed by atoms with Gasteiger partial charge in [0.2, 0.25) is 5.91 Å². The zero-order valence-corrected chi connectivity index (χ0v) is 11.8. The van der Waals surface area contributed by atoms with Gasteiger partial charge in [-0.1, -0.05) is 29.8 Å². The Hall–Kier alpha value is -1.35. The first-order valence-electron chi connectivity index (χ1n) is 7.30. The summed E-state index contributed by atoms with van der Waals surface area (Å²) in [6.45, 7) is 5.73. The molecule has 1 aromatic carbocycles. The number of aryl methyl sites for hydroxylation is 2. The van der Waals surface area contributed by atoms with E-state index in [1.165, 1.54) is 11.1 Å². The van der Waals surface area contributed by atoms with E-state index in [0.717, 1.165) is 45.4 Å². The van der Waals surface area contributed by atoms with Gasteiger partial charge in [0.05, 0.1) is 0 Å². The largest absolute Gasteiger partial charge is 0.340 e. The second kappa shape index (κ2) is 7.29. The fourth-order valence-corrected chi connectivity index (χ4v) is 2.43. The minimum Gasteiger partial charge on any atom is -0.340 e. The van der Waals surface area contributed by atoms with Crippen molar-refractivity contribution in [3.8, 4) is 0 Å². The van der Waals surface area contributed by atoms with Crippen LogP contribution in [-0.2, 0) is 11.2 Å². The molecule has 0 radical (unpaired) electrons. The van der Waals surface area contributed by atoms with Crippen LogP contribution in [0.25, 0.3) is 0 Å². The predicted molar refractivity (Wildman–Crippen MR) is 78.2 cm³/mol. The number of nitrogens with one attached hydrogen (secondary N) is 1. The first-order chi connectivity index (χ1) is 9.25. The molecule has 0 atom stereocenters. The topological polar surface area (TPSA) is 32.3 Å². The van der Waals surface area contributed by atoms with Gasteiger partial charge in [0.15, 0.2) is 0 Å². The predicted octanol–water partition coefficient (Wildman–Crippen LogP) is 2.14. The Morgan fingerprint density at radius 2 is 1.84 bits per heavy atom. The molecule has 1 heterocycles. The zero-order chi connectivity index (χ0) is 13.5. The summed E-state index contributed by atoms with van der Waals surface area (Å²) < 4.78 is 0. The fourth-order valence-electron chi connectivity index (χ4n) is 2.43. The number of hydrogen-bond donors (Lipinski definition) is 1. The summed E-state index contributed by atoms with van der Waals surface area (Å²) in [5, 5.41) is 3.27. The van der Waals surface area contributed by atoms with Gasteiger partial charge >= 0.3 is 0 Å². The van der Waals surface area contributed by atoms with Crippen LogP contribution in [0.1, 0.15) is 30.4 Å². The van der Waals surface area contributed by atoms with Crippen molar-refractivity contribution >= 4 is 5.91 Å². The number of nitrogens with zero attached hydrogens (tertiary/aromatic N) is 1. The Kier molecular flexibility index (Phi) is 5.40. The third-order valence-corrected chi connectivity index (χ3v) is 3.70. The Morgan fingerprint density at radius 3 is 2.53 bits per heavy atom. The Morgan fingerprint density at radius 1 is 1.16 bits per heavy atom. The van der Waals surface area contributed by atoms with Gasteiger partial charge in [-0.2, -0.15) is 0 Å². The average Bonchev–Trinajstić information content (AvgIpc) is 2.46. The summed E-state index contributed by atoms with van der Waals surface area (Å²) in [7, 11) is 0. The van der Waals surface area contributed by atoms with Crippen molar-refractivity contribution in [2.75, 3.05) is 26.2 Å². The van der Waals surface area contributed by atoms with Crippen molar-refractivity contribution in [2.45, 2.75) is 32.6 Å².